The van der Waals surface area contributed by atoms with E-state index in [0.717, 1.165) is 17.1 Å². The molecule has 0 atom stereocenters. The molecule has 6 heteroatoms. The average Bonchev–Trinajstić information content (AvgIpc) is 2.68. The normalized spacial score (nSPS) is 10.4. The van der Waals surface area contributed by atoms with E-state index in [1.807, 2.05) is 32.0 Å². The first-order chi connectivity index (χ1) is 12.9. The highest BCUT2D eigenvalue weighted by atomic mass is 16.5. The topological polar surface area (TPSA) is 76.7 Å². The molecule has 2 aromatic rings. The molecule has 0 aliphatic heterocycles. The molecule has 6 nitrogen and oxygen atoms in total. The van der Waals surface area contributed by atoms with Crippen LogP contribution < -0.4 is 20.1 Å². The first-order valence-electron chi connectivity index (χ1n) is 8.84. The minimum Gasteiger partial charge on any atom is -0.497 e. The van der Waals surface area contributed by atoms with E-state index < -0.39 is 0 Å². The number of ether oxygens (including phenoxy) is 2. The van der Waals surface area contributed by atoms with Crippen LogP contribution in [-0.2, 0) is 11.2 Å². The van der Waals surface area contributed by atoms with E-state index in [0.29, 0.717) is 24.2 Å². The number of carbonyl (C=O) groups excluding carboxylic acids is 2. The lowest BCUT2D eigenvalue weighted by Crippen LogP contribution is -2.25. The molecule has 0 saturated carbocycles. The van der Waals surface area contributed by atoms with Crippen molar-refractivity contribution in [2.75, 3.05) is 26.1 Å². The molecule has 0 fully saturated rings. The molecule has 0 radical (unpaired) electrons. The zero-order valence-corrected chi connectivity index (χ0v) is 16.2. The van der Waals surface area contributed by atoms with E-state index in [-0.39, 0.29) is 17.7 Å². The number of hydrogen-bond acceptors (Lipinski definition) is 4. The van der Waals surface area contributed by atoms with Crippen LogP contribution in [-0.4, -0.2) is 32.6 Å². The van der Waals surface area contributed by atoms with Crippen LogP contribution in [0.5, 0.6) is 11.5 Å². The molecule has 0 bridgehead atoms. The van der Waals surface area contributed by atoms with Gasteiger partial charge >= 0.3 is 0 Å². The van der Waals surface area contributed by atoms with Gasteiger partial charge in [0, 0.05) is 23.7 Å². The number of carbonyl (C=O) groups is 2. The molecular formula is C21H26N2O4. The van der Waals surface area contributed by atoms with Crippen molar-refractivity contribution in [3.63, 3.8) is 0 Å². The second kappa shape index (κ2) is 9.62. The minimum absolute atomic E-state index is 0.0561. The molecule has 0 heterocycles. The fourth-order valence-corrected chi connectivity index (χ4v) is 2.48. The number of hydrogen-bond donors (Lipinski definition) is 2. The molecular weight excluding hydrogens is 344 g/mol. The van der Waals surface area contributed by atoms with Crippen LogP contribution in [0.3, 0.4) is 0 Å². The van der Waals surface area contributed by atoms with Gasteiger partial charge in [-0.05, 0) is 54.4 Å². The quantitative estimate of drug-likeness (QED) is 0.748. The van der Waals surface area contributed by atoms with Gasteiger partial charge in [-0.2, -0.15) is 0 Å². The summed E-state index contributed by atoms with van der Waals surface area (Å²) < 4.78 is 10.6. The molecule has 0 aliphatic rings. The van der Waals surface area contributed by atoms with Gasteiger partial charge in [0.05, 0.1) is 14.2 Å². The number of rotatable bonds is 8. The predicted octanol–water partition coefficient (Wildman–Crippen LogP) is 3.27. The number of methoxy groups -OCH3 is 2. The Bertz CT molecular complexity index is 785. The second-order valence-corrected chi connectivity index (χ2v) is 6.40. The molecule has 144 valence electrons. The summed E-state index contributed by atoms with van der Waals surface area (Å²) in [6, 6.07) is 12.4. The van der Waals surface area contributed by atoms with Crippen LogP contribution in [0.25, 0.3) is 0 Å². The maximum absolute atomic E-state index is 12.3. The summed E-state index contributed by atoms with van der Waals surface area (Å²) in [4.78, 5) is 24.0. The van der Waals surface area contributed by atoms with E-state index in [1.165, 1.54) is 0 Å². The maximum atomic E-state index is 12.3. The third-order valence-electron chi connectivity index (χ3n) is 4.11. The summed E-state index contributed by atoms with van der Waals surface area (Å²) >= 11 is 0. The van der Waals surface area contributed by atoms with E-state index in [9.17, 15) is 9.59 Å². The Hall–Kier alpha value is -3.02. The van der Waals surface area contributed by atoms with Gasteiger partial charge < -0.3 is 20.1 Å². The third kappa shape index (κ3) is 5.74. The Morgan fingerprint density at radius 3 is 2.30 bits per heavy atom. The Balaban J connectivity index is 1.91. The summed E-state index contributed by atoms with van der Waals surface area (Å²) in [5.74, 6) is 1.19. The third-order valence-corrected chi connectivity index (χ3v) is 4.11. The molecule has 0 saturated heterocycles. The zero-order chi connectivity index (χ0) is 19.8. The molecule has 2 N–H and O–H groups in total. The number of nitrogens with one attached hydrogen (secondary N) is 2. The molecule has 2 rings (SSSR count). The van der Waals surface area contributed by atoms with Crippen molar-refractivity contribution in [1.29, 1.82) is 0 Å². The standard InChI is InChI=1S/C21H26N2O4/c1-14(2)20(24)23-17-7-5-15(6-8-17)21(25)22-12-11-16-13-18(26-3)9-10-19(16)27-4/h5-10,13-14H,11-12H2,1-4H3,(H,22,25)(H,23,24). The van der Waals surface area contributed by atoms with Crippen molar-refractivity contribution in [1.82, 2.24) is 5.32 Å². The number of anilines is 1. The zero-order valence-electron chi connectivity index (χ0n) is 16.2. The molecule has 0 unspecified atom stereocenters. The van der Waals surface area contributed by atoms with Gasteiger partial charge in [-0.25, -0.2) is 0 Å². The van der Waals surface area contributed by atoms with Gasteiger partial charge in [0.25, 0.3) is 5.91 Å². The first kappa shape index (κ1) is 20.3. The van der Waals surface area contributed by atoms with Crippen LogP contribution in [0.2, 0.25) is 0 Å². The van der Waals surface area contributed by atoms with Crippen molar-refractivity contribution in [2.24, 2.45) is 5.92 Å². The summed E-state index contributed by atoms with van der Waals surface area (Å²) in [7, 11) is 3.23. The van der Waals surface area contributed by atoms with Crippen molar-refractivity contribution < 1.29 is 19.1 Å². The number of amides is 2. The van der Waals surface area contributed by atoms with Crippen molar-refractivity contribution in [3.05, 3.63) is 53.6 Å². The molecule has 0 aliphatic carbocycles. The Morgan fingerprint density at radius 1 is 1.00 bits per heavy atom. The van der Waals surface area contributed by atoms with Crippen molar-refractivity contribution in [2.45, 2.75) is 20.3 Å². The van der Waals surface area contributed by atoms with Crippen LogP contribution in [0.1, 0.15) is 29.8 Å². The van der Waals surface area contributed by atoms with Crippen molar-refractivity contribution in [3.8, 4) is 11.5 Å². The first-order valence-corrected chi connectivity index (χ1v) is 8.84. The van der Waals surface area contributed by atoms with Gasteiger partial charge in [-0.15, -0.1) is 0 Å². The Morgan fingerprint density at radius 2 is 1.70 bits per heavy atom. The summed E-state index contributed by atoms with van der Waals surface area (Å²) in [5.41, 5.74) is 2.17. The van der Waals surface area contributed by atoms with Crippen LogP contribution in [0.4, 0.5) is 5.69 Å². The summed E-state index contributed by atoms with van der Waals surface area (Å²) in [5, 5.41) is 5.69. The van der Waals surface area contributed by atoms with Gasteiger partial charge in [0.1, 0.15) is 11.5 Å². The van der Waals surface area contributed by atoms with Crippen LogP contribution in [0, 0.1) is 5.92 Å². The smallest absolute Gasteiger partial charge is 0.251 e. The fraction of sp³-hybridized carbons (Fsp3) is 0.333. The van der Waals surface area contributed by atoms with Gasteiger partial charge in [-0.3, -0.25) is 9.59 Å². The van der Waals surface area contributed by atoms with E-state index in [4.69, 9.17) is 9.47 Å². The lowest BCUT2D eigenvalue weighted by molar-refractivity contribution is -0.118. The molecule has 0 spiro atoms. The maximum Gasteiger partial charge on any atom is 0.251 e. The highest BCUT2D eigenvalue weighted by Crippen LogP contribution is 2.24. The predicted molar refractivity (Wildman–Crippen MR) is 105 cm³/mol. The van der Waals surface area contributed by atoms with E-state index in [1.54, 1.807) is 38.5 Å². The van der Waals surface area contributed by atoms with E-state index in [2.05, 4.69) is 10.6 Å². The largest absolute Gasteiger partial charge is 0.497 e. The fourth-order valence-electron chi connectivity index (χ4n) is 2.48. The van der Waals surface area contributed by atoms with Crippen LogP contribution >= 0.6 is 0 Å². The summed E-state index contributed by atoms with van der Waals surface area (Å²) in [6.45, 7) is 4.12. The molecule has 2 aromatic carbocycles. The summed E-state index contributed by atoms with van der Waals surface area (Å²) in [6.07, 6.45) is 0.620. The Kier molecular flexibility index (Phi) is 7.23. The lowest BCUT2D eigenvalue weighted by Gasteiger charge is -2.11. The van der Waals surface area contributed by atoms with Gasteiger partial charge in [-0.1, -0.05) is 13.8 Å². The molecule has 2 amide bonds. The van der Waals surface area contributed by atoms with E-state index >= 15 is 0 Å². The highest BCUT2D eigenvalue weighted by molar-refractivity contribution is 5.96. The van der Waals surface area contributed by atoms with Gasteiger partial charge in [0.2, 0.25) is 5.91 Å². The molecule has 0 aromatic heterocycles. The van der Waals surface area contributed by atoms with Crippen molar-refractivity contribution >= 4 is 17.5 Å². The second-order valence-electron chi connectivity index (χ2n) is 6.40. The number of benzene rings is 2. The Labute approximate surface area is 159 Å². The molecule has 27 heavy (non-hydrogen) atoms. The van der Waals surface area contributed by atoms with Gasteiger partial charge in [0.15, 0.2) is 0 Å². The highest BCUT2D eigenvalue weighted by Gasteiger charge is 2.10. The average molecular weight is 370 g/mol. The minimum atomic E-state index is -0.168. The monoisotopic (exact) mass is 370 g/mol. The van der Waals surface area contributed by atoms with Crippen LogP contribution in [0.15, 0.2) is 42.5 Å². The lowest BCUT2D eigenvalue weighted by atomic mass is 10.1. The SMILES string of the molecule is COc1ccc(OC)c(CCNC(=O)c2ccc(NC(=O)C(C)C)cc2)c1.